The van der Waals surface area contributed by atoms with E-state index >= 15 is 0 Å². The lowest BCUT2D eigenvalue weighted by Crippen LogP contribution is -2.59. The lowest BCUT2D eigenvalue weighted by atomic mass is 9.72. The number of pyridine rings is 1. The van der Waals surface area contributed by atoms with E-state index in [9.17, 15) is 14.4 Å². The third kappa shape index (κ3) is 4.58. The van der Waals surface area contributed by atoms with Crippen LogP contribution >= 0.6 is 0 Å². The van der Waals surface area contributed by atoms with Gasteiger partial charge in [0.1, 0.15) is 11.3 Å². The summed E-state index contributed by atoms with van der Waals surface area (Å²) in [5, 5.41) is 5.59. The number of carbonyl (C=O) groups is 3. The smallest absolute Gasteiger partial charge is 0.411 e. The van der Waals surface area contributed by atoms with E-state index in [1.807, 2.05) is 42.4 Å². The molecule has 4 rings (SSSR count). The molecule has 1 saturated carbocycles. The van der Waals surface area contributed by atoms with Gasteiger partial charge in [0.2, 0.25) is 5.91 Å². The van der Waals surface area contributed by atoms with E-state index < -0.39 is 11.1 Å². The zero-order valence-electron chi connectivity index (χ0n) is 19.6. The summed E-state index contributed by atoms with van der Waals surface area (Å²) in [5.74, 6) is -0.348. The summed E-state index contributed by atoms with van der Waals surface area (Å²) in [6.07, 6.45) is 4.03. The van der Waals surface area contributed by atoms with E-state index in [1.54, 1.807) is 18.3 Å². The van der Waals surface area contributed by atoms with Crippen molar-refractivity contribution >= 4 is 23.6 Å². The largest absolute Gasteiger partial charge is 0.444 e. The second kappa shape index (κ2) is 8.53. The number of aromatic nitrogens is 2. The van der Waals surface area contributed by atoms with Gasteiger partial charge in [-0.25, -0.2) is 4.79 Å². The number of carbonyl (C=O) groups excluding carboxylic acids is 3. The van der Waals surface area contributed by atoms with Crippen molar-refractivity contribution in [3.8, 4) is 0 Å². The van der Waals surface area contributed by atoms with Gasteiger partial charge in [0.15, 0.2) is 0 Å². The van der Waals surface area contributed by atoms with Gasteiger partial charge in [-0.05, 0) is 64.3 Å². The van der Waals surface area contributed by atoms with Crippen molar-refractivity contribution in [2.24, 2.45) is 0 Å². The molecule has 2 aromatic heterocycles. The quantitative estimate of drug-likeness (QED) is 0.738. The molecule has 9 heteroatoms. The van der Waals surface area contributed by atoms with Crippen LogP contribution in [0.3, 0.4) is 0 Å². The molecule has 1 spiro atoms. The molecule has 2 aromatic rings. The Morgan fingerprint density at radius 1 is 1.12 bits per heavy atom. The maximum absolute atomic E-state index is 13.0. The van der Waals surface area contributed by atoms with Crippen molar-refractivity contribution in [3.63, 3.8) is 0 Å². The van der Waals surface area contributed by atoms with E-state index in [0.717, 1.165) is 25.0 Å². The lowest BCUT2D eigenvalue weighted by Gasteiger charge is -2.53. The Morgan fingerprint density at radius 2 is 1.88 bits per heavy atom. The molecule has 9 nitrogen and oxygen atoms in total. The van der Waals surface area contributed by atoms with Gasteiger partial charge in [-0.1, -0.05) is 0 Å². The summed E-state index contributed by atoms with van der Waals surface area (Å²) in [6, 6.07) is 7.31. The van der Waals surface area contributed by atoms with Crippen LogP contribution in [0.15, 0.2) is 30.5 Å². The molecule has 0 atom stereocenters. The highest BCUT2D eigenvalue weighted by molar-refractivity contribution is 5.93. The predicted octanol–water partition coefficient (Wildman–Crippen LogP) is 3.40. The molecule has 0 bridgehead atoms. The van der Waals surface area contributed by atoms with Gasteiger partial charge in [-0.3, -0.25) is 19.5 Å². The number of amides is 3. The SMILES string of the molecule is CC(=O)Nc1ccc(CNC(=O)c2ccc3n2CCN(C(=O)OC(C)(C)C)C32CCC2)nc1. The summed E-state index contributed by atoms with van der Waals surface area (Å²) in [7, 11) is 0. The Kier molecular flexibility index (Phi) is 5.90. The summed E-state index contributed by atoms with van der Waals surface area (Å²) >= 11 is 0. The fourth-order valence-electron chi connectivity index (χ4n) is 4.55. The topological polar surface area (TPSA) is 106 Å². The third-order valence-electron chi connectivity index (χ3n) is 6.12. The number of rotatable bonds is 4. The van der Waals surface area contributed by atoms with Gasteiger partial charge in [0.25, 0.3) is 5.91 Å². The van der Waals surface area contributed by atoms with Crippen molar-refractivity contribution < 1.29 is 19.1 Å². The molecule has 0 unspecified atom stereocenters. The highest BCUT2D eigenvalue weighted by Crippen LogP contribution is 2.49. The standard InChI is InChI=1S/C24H31N5O4/c1-16(30)27-18-7-6-17(25-15-18)14-26-21(31)19-8-9-20-24(10-5-11-24)29(13-12-28(19)20)22(32)33-23(2,3)4/h6-9,15H,5,10-14H2,1-4H3,(H,26,31)(H,27,30). The minimum atomic E-state index is -0.555. The number of anilines is 1. The van der Waals surface area contributed by atoms with Crippen molar-refractivity contribution in [2.45, 2.75) is 71.2 Å². The molecule has 1 fully saturated rings. The van der Waals surface area contributed by atoms with Crippen LogP contribution in [0.5, 0.6) is 0 Å². The Bertz CT molecular complexity index is 1060. The average molecular weight is 454 g/mol. The van der Waals surface area contributed by atoms with Gasteiger partial charge in [0, 0.05) is 25.7 Å². The van der Waals surface area contributed by atoms with Crippen molar-refractivity contribution in [1.29, 1.82) is 0 Å². The maximum Gasteiger partial charge on any atom is 0.411 e. The van der Waals surface area contributed by atoms with E-state index in [1.165, 1.54) is 6.92 Å². The van der Waals surface area contributed by atoms with Crippen molar-refractivity contribution in [2.75, 3.05) is 11.9 Å². The molecule has 0 saturated heterocycles. The summed E-state index contributed by atoms with van der Waals surface area (Å²) in [5.41, 5.74) is 1.91. The molecule has 0 radical (unpaired) electrons. The van der Waals surface area contributed by atoms with Gasteiger partial charge in [-0.15, -0.1) is 0 Å². The van der Waals surface area contributed by atoms with Crippen molar-refractivity contribution in [1.82, 2.24) is 19.8 Å². The molecule has 3 heterocycles. The molecule has 2 aliphatic rings. The molecular formula is C24H31N5O4. The van der Waals surface area contributed by atoms with Crippen LogP contribution in [-0.4, -0.2) is 44.5 Å². The molecule has 33 heavy (non-hydrogen) atoms. The van der Waals surface area contributed by atoms with E-state index in [0.29, 0.717) is 30.2 Å². The van der Waals surface area contributed by atoms with Crippen LogP contribution in [0.2, 0.25) is 0 Å². The summed E-state index contributed by atoms with van der Waals surface area (Å²) in [6.45, 7) is 8.36. The molecule has 1 aliphatic heterocycles. The third-order valence-corrected chi connectivity index (χ3v) is 6.12. The molecule has 1 aliphatic carbocycles. The fraction of sp³-hybridized carbons (Fsp3) is 0.500. The molecule has 3 amide bonds. The second-order valence-corrected chi connectivity index (χ2v) is 9.67. The first-order chi connectivity index (χ1) is 15.6. The first-order valence-electron chi connectivity index (χ1n) is 11.3. The number of ether oxygens (including phenoxy) is 1. The highest BCUT2D eigenvalue weighted by Gasteiger charge is 2.51. The maximum atomic E-state index is 13.0. The Labute approximate surface area is 193 Å². The molecule has 0 aromatic carbocycles. The van der Waals surface area contributed by atoms with Gasteiger partial charge in [0.05, 0.1) is 29.7 Å². The van der Waals surface area contributed by atoms with Crippen LogP contribution in [-0.2, 0) is 28.2 Å². The van der Waals surface area contributed by atoms with Crippen LogP contribution in [0.4, 0.5) is 10.5 Å². The second-order valence-electron chi connectivity index (χ2n) is 9.67. The minimum absolute atomic E-state index is 0.162. The van der Waals surface area contributed by atoms with Gasteiger partial charge < -0.3 is 19.9 Å². The van der Waals surface area contributed by atoms with Crippen LogP contribution < -0.4 is 10.6 Å². The average Bonchev–Trinajstić information content (AvgIpc) is 3.14. The Hall–Kier alpha value is -3.36. The monoisotopic (exact) mass is 453 g/mol. The number of nitrogens with one attached hydrogen (secondary N) is 2. The molecule has 2 N–H and O–H groups in total. The highest BCUT2D eigenvalue weighted by atomic mass is 16.6. The Morgan fingerprint density at radius 3 is 2.45 bits per heavy atom. The molecular weight excluding hydrogens is 422 g/mol. The zero-order chi connectivity index (χ0) is 23.8. The van der Waals surface area contributed by atoms with E-state index in [2.05, 4.69) is 15.6 Å². The number of fused-ring (bicyclic) bond motifs is 2. The number of hydrogen-bond donors (Lipinski definition) is 2. The molecule has 176 valence electrons. The van der Waals surface area contributed by atoms with Crippen molar-refractivity contribution in [3.05, 3.63) is 47.5 Å². The predicted molar refractivity (Wildman–Crippen MR) is 123 cm³/mol. The number of nitrogens with zero attached hydrogens (tertiary/aromatic N) is 3. The van der Waals surface area contributed by atoms with E-state index in [4.69, 9.17) is 4.74 Å². The van der Waals surface area contributed by atoms with E-state index in [-0.39, 0.29) is 24.5 Å². The van der Waals surface area contributed by atoms with Crippen LogP contribution in [0.25, 0.3) is 0 Å². The fourth-order valence-corrected chi connectivity index (χ4v) is 4.55. The van der Waals surface area contributed by atoms with Crippen LogP contribution in [0, 0.1) is 0 Å². The first kappa shape index (κ1) is 22.8. The van der Waals surface area contributed by atoms with Gasteiger partial charge in [-0.2, -0.15) is 0 Å². The van der Waals surface area contributed by atoms with Crippen LogP contribution in [0.1, 0.15) is 68.8 Å². The number of hydrogen-bond acceptors (Lipinski definition) is 5. The van der Waals surface area contributed by atoms with Gasteiger partial charge >= 0.3 is 6.09 Å². The Balaban J connectivity index is 1.46. The lowest BCUT2D eigenvalue weighted by molar-refractivity contribution is -0.114. The summed E-state index contributed by atoms with van der Waals surface area (Å²) < 4.78 is 7.69. The normalized spacial score (nSPS) is 16.5. The first-order valence-corrected chi connectivity index (χ1v) is 11.3. The minimum Gasteiger partial charge on any atom is -0.444 e. The summed E-state index contributed by atoms with van der Waals surface area (Å²) in [4.78, 5) is 43.1. The zero-order valence-corrected chi connectivity index (χ0v) is 19.6.